The van der Waals surface area contributed by atoms with Crippen molar-refractivity contribution < 1.29 is 10.2 Å². The van der Waals surface area contributed by atoms with Crippen LogP contribution in [0.25, 0.3) is 0 Å². The Kier molecular flexibility index (Phi) is 11.2. The zero-order valence-corrected chi connectivity index (χ0v) is 27.2. The third-order valence-electron chi connectivity index (χ3n) is 6.34. The van der Waals surface area contributed by atoms with Gasteiger partial charge in [-0.3, -0.25) is 0 Å². The summed E-state index contributed by atoms with van der Waals surface area (Å²) in [5, 5.41) is 21.2. The standard InChI is InChI=1S/C16H16Br2O.C15H14Br2O/c1-11(2)16(19,12-3-7-14(17)8-4-12)13-5-9-15(18)10-6-13;1-10(18)15(11-2-6-13(16)7-3-11)12-4-8-14(17)9-5-12/h3-11,19H,1-2H3;2-10,15,18H,1H3/t;10-/m.0/s1. The first-order chi connectivity index (χ1) is 17.5. The maximum atomic E-state index is 11.2. The number of benzene rings is 4. The molecular formula is C31H30Br4O2. The molecule has 0 aromatic heterocycles. The molecule has 0 radical (unpaired) electrons. The first-order valence-electron chi connectivity index (χ1n) is 12.0. The Hall–Kier alpha value is -1.28. The van der Waals surface area contributed by atoms with Gasteiger partial charge in [-0.2, -0.15) is 0 Å². The minimum absolute atomic E-state index is 0.00574. The fourth-order valence-corrected chi connectivity index (χ4v) is 5.39. The van der Waals surface area contributed by atoms with Crippen LogP contribution in [0.1, 0.15) is 48.9 Å². The Bertz CT molecular complexity index is 1160. The van der Waals surface area contributed by atoms with E-state index in [2.05, 4.69) is 63.7 Å². The normalized spacial score (nSPS) is 12.3. The molecule has 0 saturated carbocycles. The molecule has 37 heavy (non-hydrogen) atoms. The van der Waals surface area contributed by atoms with E-state index in [1.165, 1.54) is 0 Å². The summed E-state index contributed by atoms with van der Waals surface area (Å²) >= 11 is 13.7. The van der Waals surface area contributed by atoms with Crippen molar-refractivity contribution in [3.05, 3.63) is 137 Å². The van der Waals surface area contributed by atoms with Gasteiger partial charge in [-0.25, -0.2) is 0 Å². The first-order valence-corrected chi connectivity index (χ1v) is 15.1. The van der Waals surface area contributed by atoms with Crippen molar-refractivity contribution in [1.82, 2.24) is 0 Å². The van der Waals surface area contributed by atoms with Crippen molar-refractivity contribution in [1.29, 1.82) is 0 Å². The highest BCUT2D eigenvalue weighted by Gasteiger charge is 2.35. The second-order valence-corrected chi connectivity index (χ2v) is 12.9. The molecule has 0 spiro atoms. The molecule has 194 valence electrons. The first kappa shape index (κ1) is 30.3. The lowest BCUT2D eigenvalue weighted by Gasteiger charge is -2.33. The Balaban J connectivity index is 0.000000206. The number of hydrogen-bond donors (Lipinski definition) is 2. The van der Waals surface area contributed by atoms with Crippen LogP contribution in [0.15, 0.2) is 115 Å². The molecule has 0 bridgehead atoms. The van der Waals surface area contributed by atoms with Crippen molar-refractivity contribution in [3.8, 4) is 0 Å². The third-order valence-corrected chi connectivity index (χ3v) is 8.46. The van der Waals surface area contributed by atoms with Gasteiger partial charge in [-0.1, -0.05) is 126 Å². The van der Waals surface area contributed by atoms with Crippen molar-refractivity contribution >= 4 is 63.7 Å². The van der Waals surface area contributed by atoms with Crippen LogP contribution in [0.5, 0.6) is 0 Å². The number of rotatable bonds is 6. The Morgan fingerprint density at radius 3 is 1.03 bits per heavy atom. The zero-order chi connectivity index (χ0) is 27.2. The highest BCUT2D eigenvalue weighted by Crippen LogP contribution is 2.37. The number of halogens is 4. The van der Waals surface area contributed by atoms with Gasteiger partial charge in [0.25, 0.3) is 0 Å². The summed E-state index contributed by atoms with van der Waals surface area (Å²) < 4.78 is 4.12. The molecule has 0 amide bonds. The van der Waals surface area contributed by atoms with Crippen LogP contribution in [0.3, 0.4) is 0 Å². The molecule has 2 N–H and O–H groups in total. The molecule has 4 aromatic rings. The molecule has 6 heteroatoms. The van der Waals surface area contributed by atoms with E-state index < -0.39 is 11.7 Å². The van der Waals surface area contributed by atoms with Gasteiger partial charge < -0.3 is 10.2 Å². The summed E-state index contributed by atoms with van der Waals surface area (Å²) in [6.45, 7) is 5.89. The maximum absolute atomic E-state index is 11.2. The minimum Gasteiger partial charge on any atom is -0.392 e. The van der Waals surface area contributed by atoms with Crippen LogP contribution in [0.2, 0.25) is 0 Å². The van der Waals surface area contributed by atoms with Gasteiger partial charge in [0.05, 0.1) is 6.10 Å². The van der Waals surface area contributed by atoms with Crippen molar-refractivity contribution in [2.45, 2.75) is 38.4 Å². The van der Waals surface area contributed by atoms with Crippen LogP contribution in [0.4, 0.5) is 0 Å². The summed E-state index contributed by atoms with van der Waals surface area (Å²) in [7, 11) is 0. The van der Waals surface area contributed by atoms with Gasteiger partial charge in [0.2, 0.25) is 0 Å². The predicted octanol–water partition coefficient (Wildman–Crippen LogP) is 9.83. The van der Waals surface area contributed by atoms with Gasteiger partial charge in [-0.15, -0.1) is 0 Å². The number of aliphatic hydroxyl groups is 2. The fourth-order valence-electron chi connectivity index (χ4n) is 4.33. The molecule has 0 unspecified atom stereocenters. The minimum atomic E-state index is -0.971. The molecule has 0 aliphatic carbocycles. The Morgan fingerprint density at radius 1 is 0.514 bits per heavy atom. The van der Waals surface area contributed by atoms with Gasteiger partial charge in [0, 0.05) is 23.8 Å². The molecule has 2 nitrogen and oxygen atoms in total. The van der Waals surface area contributed by atoms with Crippen LogP contribution in [-0.2, 0) is 5.60 Å². The highest BCUT2D eigenvalue weighted by molar-refractivity contribution is 9.11. The van der Waals surface area contributed by atoms with Crippen molar-refractivity contribution in [2.24, 2.45) is 5.92 Å². The third kappa shape index (κ3) is 7.87. The second-order valence-electron chi connectivity index (χ2n) is 9.26. The number of hydrogen-bond acceptors (Lipinski definition) is 2. The highest BCUT2D eigenvalue weighted by atomic mass is 79.9. The average Bonchev–Trinajstić information content (AvgIpc) is 2.87. The van der Waals surface area contributed by atoms with Crippen LogP contribution in [-0.4, -0.2) is 16.3 Å². The van der Waals surface area contributed by atoms with Gasteiger partial charge in [-0.05, 0) is 83.6 Å². The monoisotopic (exact) mass is 750 g/mol. The summed E-state index contributed by atoms with van der Waals surface area (Å²) in [6, 6.07) is 31.9. The van der Waals surface area contributed by atoms with E-state index in [4.69, 9.17) is 0 Å². The van der Waals surface area contributed by atoms with E-state index in [9.17, 15) is 10.2 Å². The maximum Gasteiger partial charge on any atom is 0.117 e. The Labute approximate surface area is 253 Å². The van der Waals surface area contributed by atoms with E-state index in [1.807, 2.05) is 118 Å². The summed E-state index contributed by atoms with van der Waals surface area (Å²) in [5.74, 6) is 0.0843. The molecule has 4 aromatic carbocycles. The Morgan fingerprint density at radius 2 is 0.784 bits per heavy atom. The lowest BCUT2D eigenvalue weighted by molar-refractivity contribution is 0.0317. The molecule has 0 aliphatic heterocycles. The topological polar surface area (TPSA) is 40.5 Å². The molecule has 4 rings (SSSR count). The SMILES string of the molecule is CC(C)C(O)(c1ccc(Br)cc1)c1ccc(Br)cc1.C[C@H](O)C(c1ccc(Br)cc1)c1ccc(Br)cc1. The van der Waals surface area contributed by atoms with Crippen LogP contribution < -0.4 is 0 Å². The second kappa shape index (κ2) is 13.7. The van der Waals surface area contributed by atoms with Crippen LogP contribution >= 0.6 is 63.7 Å². The predicted molar refractivity (Wildman–Crippen MR) is 168 cm³/mol. The van der Waals surface area contributed by atoms with E-state index >= 15 is 0 Å². The smallest absolute Gasteiger partial charge is 0.117 e. The largest absolute Gasteiger partial charge is 0.392 e. The van der Waals surface area contributed by atoms with Gasteiger partial charge in [0.1, 0.15) is 5.60 Å². The molecular weight excluding hydrogens is 724 g/mol. The molecule has 0 heterocycles. The average molecular weight is 754 g/mol. The summed E-state index contributed by atoms with van der Waals surface area (Å²) in [6.07, 6.45) is -0.424. The molecule has 0 fully saturated rings. The van der Waals surface area contributed by atoms with E-state index in [1.54, 1.807) is 0 Å². The lowest BCUT2D eigenvalue weighted by atomic mass is 9.78. The van der Waals surface area contributed by atoms with Gasteiger partial charge in [0.15, 0.2) is 0 Å². The molecule has 0 saturated heterocycles. The summed E-state index contributed by atoms with van der Waals surface area (Å²) in [5.41, 5.74) is 3.09. The van der Waals surface area contributed by atoms with E-state index in [0.29, 0.717) is 0 Å². The van der Waals surface area contributed by atoms with E-state index in [0.717, 1.165) is 40.1 Å². The zero-order valence-electron chi connectivity index (χ0n) is 20.9. The molecule has 0 aliphatic rings. The quantitative estimate of drug-likeness (QED) is 0.206. The van der Waals surface area contributed by atoms with Gasteiger partial charge >= 0.3 is 0 Å². The number of aliphatic hydroxyl groups excluding tert-OH is 1. The molecule has 1 atom stereocenters. The van der Waals surface area contributed by atoms with Crippen LogP contribution in [0, 0.1) is 5.92 Å². The van der Waals surface area contributed by atoms with Crippen molar-refractivity contribution in [2.75, 3.05) is 0 Å². The lowest BCUT2D eigenvalue weighted by Crippen LogP contribution is -2.33. The van der Waals surface area contributed by atoms with E-state index in [-0.39, 0.29) is 11.8 Å². The van der Waals surface area contributed by atoms with Crippen molar-refractivity contribution in [3.63, 3.8) is 0 Å². The summed E-state index contributed by atoms with van der Waals surface area (Å²) in [4.78, 5) is 0. The fraction of sp³-hybridized carbons (Fsp3) is 0.226.